The van der Waals surface area contributed by atoms with Crippen LogP contribution in [-0.2, 0) is 5.41 Å². The summed E-state index contributed by atoms with van der Waals surface area (Å²) in [6.45, 7) is 7.76. The van der Waals surface area contributed by atoms with Crippen molar-refractivity contribution in [3.8, 4) is 0 Å². The maximum absolute atomic E-state index is 10.9. The molecule has 2 heterocycles. The number of aromatic nitrogens is 1. The van der Waals surface area contributed by atoms with Crippen LogP contribution in [0, 0.1) is 5.41 Å². The first-order chi connectivity index (χ1) is 9.79. The second-order valence-corrected chi connectivity index (χ2v) is 7.33. The quantitative estimate of drug-likeness (QED) is 0.859. The van der Waals surface area contributed by atoms with E-state index in [4.69, 9.17) is 10.1 Å². The predicted octanol–water partition coefficient (Wildman–Crippen LogP) is 3.54. The zero-order chi connectivity index (χ0) is 15.3. The molecule has 0 unspecified atom stereocenters. The van der Waals surface area contributed by atoms with Crippen molar-refractivity contribution in [1.82, 2.24) is 9.88 Å². The SMILES string of the molecule is CC(C)(C)c1cccc(C2=CC3(CC2)CN(C(=O)O)C3)n1. The van der Waals surface area contributed by atoms with Gasteiger partial charge in [-0.15, -0.1) is 0 Å². The Morgan fingerprint density at radius 1 is 1.33 bits per heavy atom. The Balaban J connectivity index is 1.82. The van der Waals surface area contributed by atoms with Gasteiger partial charge in [0.1, 0.15) is 0 Å². The number of pyridine rings is 1. The van der Waals surface area contributed by atoms with E-state index in [1.54, 1.807) is 0 Å². The number of amides is 1. The van der Waals surface area contributed by atoms with E-state index in [1.165, 1.54) is 10.5 Å². The van der Waals surface area contributed by atoms with Gasteiger partial charge < -0.3 is 10.0 Å². The number of carboxylic acid groups (broad SMARTS) is 1. The lowest BCUT2D eigenvalue weighted by Gasteiger charge is -2.45. The molecule has 0 aromatic carbocycles. The van der Waals surface area contributed by atoms with Gasteiger partial charge in [-0.05, 0) is 30.5 Å². The molecule has 112 valence electrons. The number of carbonyl (C=O) groups is 1. The number of likely N-dealkylation sites (tertiary alicyclic amines) is 1. The van der Waals surface area contributed by atoms with E-state index in [0.717, 1.165) is 24.2 Å². The highest BCUT2D eigenvalue weighted by Crippen LogP contribution is 2.46. The van der Waals surface area contributed by atoms with Crippen molar-refractivity contribution in [1.29, 1.82) is 0 Å². The molecule has 1 fully saturated rings. The van der Waals surface area contributed by atoms with E-state index in [9.17, 15) is 4.79 Å². The van der Waals surface area contributed by atoms with E-state index in [-0.39, 0.29) is 10.8 Å². The molecule has 1 aliphatic heterocycles. The third-order valence-corrected chi connectivity index (χ3v) is 4.50. The van der Waals surface area contributed by atoms with Crippen LogP contribution >= 0.6 is 0 Å². The highest BCUT2D eigenvalue weighted by atomic mass is 16.4. The highest BCUT2D eigenvalue weighted by Gasteiger charge is 2.46. The lowest BCUT2D eigenvalue weighted by Crippen LogP contribution is -2.56. The molecule has 4 heteroatoms. The molecule has 1 amide bonds. The lowest BCUT2D eigenvalue weighted by molar-refractivity contribution is 0.0419. The molecular formula is C17H22N2O2. The van der Waals surface area contributed by atoms with Gasteiger partial charge in [0.25, 0.3) is 0 Å². The van der Waals surface area contributed by atoms with Gasteiger partial charge in [-0.3, -0.25) is 4.98 Å². The van der Waals surface area contributed by atoms with Crippen LogP contribution < -0.4 is 0 Å². The summed E-state index contributed by atoms with van der Waals surface area (Å²) >= 11 is 0. The summed E-state index contributed by atoms with van der Waals surface area (Å²) in [6.07, 6.45) is 3.48. The Labute approximate surface area is 125 Å². The van der Waals surface area contributed by atoms with E-state index in [0.29, 0.717) is 13.1 Å². The molecule has 0 saturated carbocycles. The van der Waals surface area contributed by atoms with Crippen LogP contribution in [0.1, 0.15) is 45.0 Å². The number of rotatable bonds is 1. The third-order valence-electron chi connectivity index (χ3n) is 4.50. The maximum Gasteiger partial charge on any atom is 0.407 e. The van der Waals surface area contributed by atoms with Crippen LogP contribution in [0.2, 0.25) is 0 Å². The largest absolute Gasteiger partial charge is 0.465 e. The second-order valence-electron chi connectivity index (χ2n) is 7.33. The summed E-state index contributed by atoms with van der Waals surface area (Å²) in [5.74, 6) is 0. The van der Waals surface area contributed by atoms with E-state index in [2.05, 4.69) is 45.0 Å². The molecule has 0 atom stereocenters. The third kappa shape index (κ3) is 2.55. The van der Waals surface area contributed by atoms with Crippen molar-refractivity contribution in [2.45, 2.75) is 39.0 Å². The Bertz CT molecular complexity index is 607. The van der Waals surface area contributed by atoms with Crippen LogP contribution in [0.15, 0.2) is 24.3 Å². The first-order valence-electron chi connectivity index (χ1n) is 7.47. The molecular weight excluding hydrogens is 264 g/mol. The summed E-state index contributed by atoms with van der Waals surface area (Å²) < 4.78 is 0. The minimum absolute atomic E-state index is 0.0451. The Kier molecular flexibility index (Phi) is 3.08. The zero-order valence-electron chi connectivity index (χ0n) is 12.9. The smallest absolute Gasteiger partial charge is 0.407 e. The topological polar surface area (TPSA) is 53.4 Å². The lowest BCUT2D eigenvalue weighted by atomic mass is 9.80. The number of allylic oxidation sites excluding steroid dienone is 1. The first kappa shape index (κ1) is 14.1. The van der Waals surface area contributed by atoms with Gasteiger partial charge in [-0.2, -0.15) is 0 Å². The van der Waals surface area contributed by atoms with Crippen molar-refractivity contribution >= 4 is 11.7 Å². The van der Waals surface area contributed by atoms with Crippen molar-refractivity contribution in [2.75, 3.05) is 13.1 Å². The molecule has 2 aliphatic rings. The van der Waals surface area contributed by atoms with Gasteiger partial charge >= 0.3 is 6.09 Å². The van der Waals surface area contributed by atoms with Gasteiger partial charge in [0.05, 0.1) is 5.69 Å². The van der Waals surface area contributed by atoms with Crippen molar-refractivity contribution in [3.05, 3.63) is 35.7 Å². The van der Waals surface area contributed by atoms with Crippen LogP contribution in [0.3, 0.4) is 0 Å². The first-order valence-corrected chi connectivity index (χ1v) is 7.47. The molecule has 1 spiro atoms. The van der Waals surface area contributed by atoms with Gasteiger partial charge in [0.2, 0.25) is 0 Å². The fraction of sp³-hybridized carbons (Fsp3) is 0.529. The average Bonchev–Trinajstić information content (AvgIpc) is 2.81. The summed E-state index contributed by atoms with van der Waals surface area (Å²) in [6, 6.07) is 6.21. The fourth-order valence-corrected chi connectivity index (χ4v) is 3.23. The number of hydrogen-bond acceptors (Lipinski definition) is 2. The van der Waals surface area contributed by atoms with Gasteiger partial charge in [-0.1, -0.05) is 32.9 Å². The zero-order valence-corrected chi connectivity index (χ0v) is 12.9. The number of hydrogen-bond donors (Lipinski definition) is 1. The van der Waals surface area contributed by atoms with Gasteiger partial charge in [-0.25, -0.2) is 4.79 Å². The highest BCUT2D eigenvalue weighted by molar-refractivity contribution is 5.70. The molecule has 1 N–H and O–H groups in total. The van der Waals surface area contributed by atoms with Crippen LogP contribution in [0.5, 0.6) is 0 Å². The molecule has 1 aromatic rings. The minimum atomic E-state index is -0.810. The predicted molar refractivity (Wildman–Crippen MR) is 82.2 cm³/mol. The standard InChI is InChI=1S/C17H22N2O2/c1-16(2,3)14-6-4-5-13(18-14)12-7-8-17(9-12)10-19(11-17)15(20)21/h4-6,9H,7-8,10-11H2,1-3H3,(H,20,21). The molecule has 21 heavy (non-hydrogen) atoms. The van der Waals surface area contributed by atoms with Crippen molar-refractivity contribution in [2.24, 2.45) is 5.41 Å². The van der Waals surface area contributed by atoms with E-state index in [1.807, 2.05) is 0 Å². The molecule has 4 nitrogen and oxygen atoms in total. The van der Waals surface area contributed by atoms with Gasteiger partial charge in [0.15, 0.2) is 0 Å². The van der Waals surface area contributed by atoms with E-state index < -0.39 is 6.09 Å². The maximum atomic E-state index is 10.9. The molecule has 1 aliphatic carbocycles. The summed E-state index contributed by atoms with van der Waals surface area (Å²) in [4.78, 5) is 17.2. The molecule has 0 radical (unpaired) electrons. The van der Waals surface area contributed by atoms with Crippen molar-refractivity contribution < 1.29 is 9.90 Å². The second kappa shape index (κ2) is 4.58. The van der Waals surface area contributed by atoms with E-state index >= 15 is 0 Å². The molecule has 3 rings (SSSR count). The molecule has 1 saturated heterocycles. The van der Waals surface area contributed by atoms with Gasteiger partial charge in [0, 0.05) is 29.6 Å². The number of nitrogens with zero attached hydrogens (tertiary/aromatic N) is 2. The Morgan fingerprint density at radius 3 is 2.67 bits per heavy atom. The Hall–Kier alpha value is -1.84. The summed E-state index contributed by atoms with van der Waals surface area (Å²) in [5.41, 5.74) is 3.53. The summed E-state index contributed by atoms with van der Waals surface area (Å²) in [5, 5.41) is 8.98. The monoisotopic (exact) mass is 286 g/mol. The van der Waals surface area contributed by atoms with Crippen LogP contribution in [0.4, 0.5) is 4.79 Å². The Morgan fingerprint density at radius 2 is 2.05 bits per heavy atom. The molecule has 0 bridgehead atoms. The fourth-order valence-electron chi connectivity index (χ4n) is 3.23. The van der Waals surface area contributed by atoms with Crippen LogP contribution in [0.25, 0.3) is 5.57 Å². The minimum Gasteiger partial charge on any atom is -0.465 e. The summed E-state index contributed by atoms with van der Waals surface area (Å²) in [7, 11) is 0. The average molecular weight is 286 g/mol. The normalized spacial score (nSPS) is 20.3. The molecule has 1 aromatic heterocycles. The van der Waals surface area contributed by atoms with Crippen molar-refractivity contribution in [3.63, 3.8) is 0 Å². The van der Waals surface area contributed by atoms with Crippen LogP contribution in [-0.4, -0.2) is 34.2 Å².